The first kappa shape index (κ1) is 15.9. The second-order valence-corrected chi connectivity index (χ2v) is 4.86. The van der Waals surface area contributed by atoms with E-state index < -0.39 is 5.97 Å². The Morgan fingerprint density at radius 1 is 1.14 bits per heavy atom. The fraction of sp³-hybridized carbons (Fsp3) is 0.118. The summed E-state index contributed by atoms with van der Waals surface area (Å²) < 4.78 is 10.4. The van der Waals surface area contributed by atoms with Crippen LogP contribution in [0.5, 0.6) is 11.5 Å². The molecule has 0 aliphatic carbocycles. The van der Waals surface area contributed by atoms with Crippen molar-refractivity contribution in [2.24, 2.45) is 0 Å². The molecule has 0 radical (unpaired) electrons. The fourth-order valence-electron chi connectivity index (χ4n) is 2.02. The van der Waals surface area contributed by atoms with Gasteiger partial charge in [0, 0.05) is 16.7 Å². The minimum Gasteiger partial charge on any atom is -0.497 e. The first-order valence-corrected chi connectivity index (χ1v) is 6.86. The summed E-state index contributed by atoms with van der Waals surface area (Å²) >= 11 is 6.09. The van der Waals surface area contributed by atoms with Crippen LogP contribution in [0, 0.1) is 0 Å². The number of carboxylic acids is 1. The van der Waals surface area contributed by atoms with Crippen molar-refractivity contribution in [3.63, 3.8) is 0 Å². The lowest BCUT2D eigenvalue weighted by Gasteiger charge is -2.11. The summed E-state index contributed by atoms with van der Waals surface area (Å²) in [7, 11) is 3.01. The number of ether oxygens (including phenoxy) is 2. The summed E-state index contributed by atoms with van der Waals surface area (Å²) in [4.78, 5) is 11.6. The quantitative estimate of drug-likeness (QED) is 0.669. The number of hydrogen-bond donors (Lipinski definition) is 1. The molecule has 0 aromatic heterocycles. The van der Waals surface area contributed by atoms with Crippen molar-refractivity contribution < 1.29 is 19.4 Å². The number of rotatable bonds is 5. The number of benzene rings is 2. The molecule has 22 heavy (non-hydrogen) atoms. The van der Waals surface area contributed by atoms with Gasteiger partial charge in [0.1, 0.15) is 11.5 Å². The molecule has 2 aromatic rings. The molecule has 0 bridgehead atoms. The molecule has 0 aliphatic heterocycles. The molecule has 0 atom stereocenters. The average molecular weight is 319 g/mol. The molecule has 2 rings (SSSR count). The molecular formula is C17H15ClO4. The van der Waals surface area contributed by atoms with Gasteiger partial charge in [0.25, 0.3) is 0 Å². The predicted molar refractivity (Wildman–Crippen MR) is 86.5 cm³/mol. The normalized spacial score (nSPS) is 11.1. The van der Waals surface area contributed by atoms with Gasteiger partial charge in [-0.3, -0.25) is 0 Å². The van der Waals surface area contributed by atoms with Crippen molar-refractivity contribution >= 4 is 29.2 Å². The van der Waals surface area contributed by atoms with Crippen molar-refractivity contribution in [3.05, 3.63) is 58.6 Å². The first-order valence-electron chi connectivity index (χ1n) is 6.48. The van der Waals surface area contributed by atoms with E-state index in [2.05, 4.69) is 0 Å². The summed E-state index contributed by atoms with van der Waals surface area (Å²) in [6.45, 7) is 0. The molecule has 5 heteroatoms. The van der Waals surface area contributed by atoms with E-state index >= 15 is 0 Å². The van der Waals surface area contributed by atoms with E-state index in [1.807, 2.05) is 0 Å². The van der Waals surface area contributed by atoms with E-state index in [1.165, 1.54) is 20.3 Å². The van der Waals surface area contributed by atoms with E-state index in [0.717, 1.165) is 0 Å². The molecule has 0 aliphatic rings. The van der Waals surface area contributed by atoms with Crippen LogP contribution in [0.3, 0.4) is 0 Å². The average Bonchev–Trinajstić information content (AvgIpc) is 2.53. The Bertz CT molecular complexity index is 722. The van der Waals surface area contributed by atoms with Gasteiger partial charge in [-0.15, -0.1) is 0 Å². The highest BCUT2D eigenvalue weighted by atomic mass is 35.5. The monoisotopic (exact) mass is 318 g/mol. The molecule has 0 spiro atoms. The lowest BCUT2D eigenvalue weighted by Crippen LogP contribution is -2.02. The van der Waals surface area contributed by atoms with Crippen LogP contribution in [0.4, 0.5) is 0 Å². The maximum Gasteiger partial charge on any atom is 0.336 e. The maximum atomic E-state index is 11.6. The van der Waals surface area contributed by atoms with Gasteiger partial charge in [-0.25, -0.2) is 4.79 Å². The second-order valence-electron chi connectivity index (χ2n) is 4.45. The Morgan fingerprint density at radius 3 is 2.45 bits per heavy atom. The van der Waals surface area contributed by atoms with Crippen LogP contribution in [0.1, 0.15) is 11.1 Å². The van der Waals surface area contributed by atoms with Gasteiger partial charge in [-0.2, -0.15) is 0 Å². The van der Waals surface area contributed by atoms with Gasteiger partial charge < -0.3 is 14.6 Å². The van der Waals surface area contributed by atoms with E-state index in [0.29, 0.717) is 27.6 Å². The van der Waals surface area contributed by atoms with Gasteiger partial charge in [-0.1, -0.05) is 29.8 Å². The zero-order valence-electron chi connectivity index (χ0n) is 12.2. The van der Waals surface area contributed by atoms with Gasteiger partial charge in [0.2, 0.25) is 0 Å². The minimum absolute atomic E-state index is 0.0904. The van der Waals surface area contributed by atoms with Crippen LogP contribution in [-0.2, 0) is 4.79 Å². The third-order valence-electron chi connectivity index (χ3n) is 3.13. The summed E-state index contributed by atoms with van der Waals surface area (Å²) in [6.07, 6.45) is 1.52. The molecule has 0 saturated carbocycles. The second kappa shape index (κ2) is 7.00. The van der Waals surface area contributed by atoms with Crippen molar-refractivity contribution in [2.45, 2.75) is 0 Å². The van der Waals surface area contributed by atoms with Crippen molar-refractivity contribution in [2.75, 3.05) is 14.2 Å². The third kappa shape index (κ3) is 3.40. The van der Waals surface area contributed by atoms with Crippen molar-refractivity contribution in [1.29, 1.82) is 0 Å². The molecule has 0 saturated heterocycles. The maximum absolute atomic E-state index is 11.6. The molecule has 0 unspecified atom stereocenters. The summed E-state index contributed by atoms with van der Waals surface area (Å²) in [6, 6.07) is 12.0. The first-order chi connectivity index (χ1) is 10.6. The molecule has 0 fully saturated rings. The molecule has 0 heterocycles. The minimum atomic E-state index is -1.07. The topological polar surface area (TPSA) is 55.8 Å². The Labute approximate surface area is 133 Å². The van der Waals surface area contributed by atoms with E-state index in [9.17, 15) is 9.90 Å². The van der Waals surface area contributed by atoms with Crippen molar-refractivity contribution in [1.82, 2.24) is 0 Å². The van der Waals surface area contributed by atoms with Crippen LogP contribution in [0.25, 0.3) is 11.6 Å². The Morgan fingerprint density at radius 2 is 1.86 bits per heavy atom. The van der Waals surface area contributed by atoms with Gasteiger partial charge in [0.15, 0.2) is 0 Å². The number of carboxylic acid groups (broad SMARTS) is 1. The predicted octanol–water partition coefficient (Wildman–Crippen LogP) is 3.98. The van der Waals surface area contributed by atoms with Crippen LogP contribution in [0.15, 0.2) is 42.5 Å². The third-order valence-corrected chi connectivity index (χ3v) is 3.48. The molecule has 2 aromatic carbocycles. The lowest BCUT2D eigenvalue weighted by molar-refractivity contribution is -0.130. The van der Waals surface area contributed by atoms with Crippen LogP contribution in [0.2, 0.25) is 5.02 Å². The Hall–Kier alpha value is -2.46. The number of carbonyl (C=O) groups is 1. The zero-order chi connectivity index (χ0) is 16.1. The molecule has 114 valence electrons. The van der Waals surface area contributed by atoms with E-state index in [-0.39, 0.29) is 5.57 Å². The highest BCUT2D eigenvalue weighted by Crippen LogP contribution is 2.32. The number of halogens is 1. The van der Waals surface area contributed by atoms with Gasteiger partial charge in [-0.05, 0) is 29.8 Å². The summed E-state index contributed by atoms with van der Waals surface area (Å²) in [5.74, 6) is -0.0634. The van der Waals surface area contributed by atoms with Crippen molar-refractivity contribution in [3.8, 4) is 11.5 Å². The van der Waals surface area contributed by atoms with Crippen LogP contribution in [-0.4, -0.2) is 25.3 Å². The smallest absolute Gasteiger partial charge is 0.336 e. The summed E-state index contributed by atoms with van der Waals surface area (Å²) in [5, 5.41) is 10.0. The fourth-order valence-corrected chi connectivity index (χ4v) is 2.21. The largest absolute Gasteiger partial charge is 0.497 e. The molecular weight excluding hydrogens is 304 g/mol. The molecule has 4 nitrogen and oxygen atoms in total. The highest BCUT2D eigenvalue weighted by Gasteiger charge is 2.16. The van der Waals surface area contributed by atoms with E-state index in [4.69, 9.17) is 21.1 Å². The number of methoxy groups -OCH3 is 2. The Balaban J connectivity index is 2.58. The van der Waals surface area contributed by atoms with Crippen LogP contribution >= 0.6 is 11.6 Å². The number of hydrogen-bond acceptors (Lipinski definition) is 3. The number of aliphatic carboxylic acids is 1. The molecule has 0 amide bonds. The highest BCUT2D eigenvalue weighted by molar-refractivity contribution is 6.33. The van der Waals surface area contributed by atoms with E-state index in [1.54, 1.807) is 42.5 Å². The van der Waals surface area contributed by atoms with Crippen LogP contribution < -0.4 is 9.47 Å². The van der Waals surface area contributed by atoms with Gasteiger partial charge >= 0.3 is 5.97 Å². The standard InChI is InChI=1S/C17H15ClO4/c1-21-12-7-8-13(16(10-12)22-2)14(17(19)20)9-11-5-3-4-6-15(11)18/h3-10H,1-2H3,(H,19,20)/b14-9-. The summed E-state index contributed by atoms with van der Waals surface area (Å²) in [5.41, 5.74) is 1.17. The Kier molecular flexibility index (Phi) is 5.07. The SMILES string of the molecule is COc1ccc(/C(=C/c2ccccc2Cl)C(=O)O)c(OC)c1. The zero-order valence-corrected chi connectivity index (χ0v) is 12.9. The lowest BCUT2D eigenvalue weighted by atomic mass is 10.0. The molecule has 1 N–H and O–H groups in total. The van der Waals surface area contributed by atoms with Gasteiger partial charge in [0.05, 0.1) is 19.8 Å².